The highest BCUT2D eigenvalue weighted by Crippen LogP contribution is 2.23. The van der Waals surface area contributed by atoms with Crippen molar-refractivity contribution in [1.82, 2.24) is 4.90 Å². The lowest BCUT2D eigenvalue weighted by Crippen LogP contribution is -2.45. The molecule has 0 bridgehead atoms. The molecule has 18 heavy (non-hydrogen) atoms. The van der Waals surface area contributed by atoms with Crippen molar-refractivity contribution in [2.75, 3.05) is 6.54 Å². The van der Waals surface area contributed by atoms with Gasteiger partial charge in [-0.05, 0) is 37.8 Å². The molecular formula is C15H23NO2. The number of carbonyl (C=O) groups is 1. The molecule has 100 valence electrons. The zero-order valence-electron chi connectivity index (χ0n) is 11.4. The highest BCUT2D eigenvalue weighted by Gasteiger charge is 2.27. The van der Waals surface area contributed by atoms with Gasteiger partial charge in [-0.3, -0.25) is 4.79 Å². The van der Waals surface area contributed by atoms with Crippen LogP contribution in [0.15, 0.2) is 22.8 Å². The normalized spacial score (nSPS) is 20.4. The van der Waals surface area contributed by atoms with E-state index in [9.17, 15) is 4.79 Å². The predicted molar refractivity (Wildman–Crippen MR) is 71.2 cm³/mol. The number of furan rings is 1. The topological polar surface area (TPSA) is 33.5 Å². The van der Waals surface area contributed by atoms with Crippen molar-refractivity contribution >= 4 is 5.91 Å². The van der Waals surface area contributed by atoms with Gasteiger partial charge in [0.15, 0.2) is 0 Å². The molecule has 0 aliphatic carbocycles. The Bertz CT molecular complexity index is 370. The molecule has 0 radical (unpaired) electrons. The van der Waals surface area contributed by atoms with Crippen LogP contribution in [0.4, 0.5) is 0 Å². The largest absolute Gasteiger partial charge is 0.469 e. The van der Waals surface area contributed by atoms with Crippen molar-refractivity contribution in [2.24, 2.45) is 5.92 Å². The first-order valence-corrected chi connectivity index (χ1v) is 7.01. The quantitative estimate of drug-likeness (QED) is 0.820. The van der Waals surface area contributed by atoms with Crippen LogP contribution in [0.5, 0.6) is 0 Å². The average Bonchev–Trinajstić information content (AvgIpc) is 2.89. The highest BCUT2D eigenvalue weighted by molar-refractivity contribution is 5.78. The van der Waals surface area contributed by atoms with Crippen LogP contribution in [0.25, 0.3) is 0 Å². The van der Waals surface area contributed by atoms with E-state index in [1.807, 2.05) is 26.0 Å². The Balaban J connectivity index is 1.93. The van der Waals surface area contributed by atoms with Gasteiger partial charge in [0.25, 0.3) is 0 Å². The number of aryl methyl sites for hydroxylation is 1. The fraction of sp³-hybridized carbons (Fsp3) is 0.667. The third-order valence-electron chi connectivity index (χ3n) is 3.71. The van der Waals surface area contributed by atoms with Crippen LogP contribution < -0.4 is 0 Å². The number of carbonyl (C=O) groups excluding carboxylic acids is 1. The van der Waals surface area contributed by atoms with E-state index in [0.29, 0.717) is 11.9 Å². The third kappa shape index (κ3) is 3.15. The highest BCUT2D eigenvalue weighted by atomic mass is 16.3. The van der Waals surface area contributed by atoms with Crippen LogP contribution in [0, 0.1) is 5.92 Å². The predicted octanol–water partition coefficient (Wildman–Crippen LogP) is 3.25. The van der Waals surface area contributed by atoms with Gasteiger partial charge in [0, 0.05) is 24.9 Å². The van der Waals surface area contributed by atoms with Crippen molar-refractivity contribution < 1.29 is 9.21 Å². The Labute approximate surface area is 109 Å². The average molecular weight is 249 g/mol. The lowest BCUT2D eigenvalue weighted by atomic mass is 9.96. The molecule has 1 aromatic heterocycles. The van der Waals surface area contributed by atoms with Crippen molar-refractivity contribution in [2.45, 2.75) is 52.0 Å². The molecule has 0 aromatic carbocycles. The molecule has 1 atom stereocenters. The van der Waals surface area contributed by atoms with Gasteiger partial charge in [-0.15, -0.1) is 0 Å². The fourth-order valence-electron chi connectivity index (χ4n) is 2.69. The van der Waals surface area contributed by atoms with Crippen LogP contribution in [0.1, 0.15) is 45.3 Å². The second-order valence-electron chi connectivity index (χ2n) is 5.45. The number of amides is 1. The minimum atomic E-state index is 0.106. The summed E-state index contributed by atoms with van der Waals surface area (Å²) in [6, 6.07) is 4.34. The summed E-state index contributed by atoms with van der Waals surface area (Å²) in [6.45, 7) is 4.90. The van der Waals surface area contributed by atoms with Crippen molar-refractivity contribution in [3.05, 3.63) is 24.2 Å². The lowest BCUT2D eigenvalue weighted by Gasteiger charge is -2.37. The Hall–Kier alpha value is -1.25. The molecule has 1 unspecified atom stereocenters. The van der Waals surface area contributed by atoms with Gasteiger partial charge >= 0.3 is 0 Å². The Morgan fingerprint density at radius 1 is 1.50 bits per heavy atom. The third-order valence-corrected chi connectivity index (χ3v) is 3.71. The Morgan fingerprint density at radius 3 is 3.00 bits per heavy atom. The van der Waals surface area contributed by atoms with E-state index in [4.69, 9.17) is 4.42 Å². The maximum atomic E-state index is 12.2. The van der Waals surface area contributed by atoms with Crippen LogP contribution in [0.3, 0.4) is 0 Å². The molecule has 0 saturated carbocycles. The summed E-state index contributed by atoms with van der Waals surface area (Å²) in [5.41, 5.74) is 0. The smallest absolute Gasteiger partial charge is 0.225 e. The van der Waals surface area contributed by atoms with Gasteiger partial charge in [0.05, 0.1) is 6.26 Å². The van der Waals surface area contributed by atoms with Crippen LogP contribution in [0.2, 0.25) is 0 Å². The fourth-order valence-corrected chi connectivity index (χ4v) is 2.69. The van der Waals surface area contributed by atoms with E-state index in [0.717, 1.165) is 38.0 Å². The minimum absolute atomic E-state index is 0.106. The summed E-state index contributed by atoms with van der Waals surface area (Å²) >= 11 is 0. The molecule has 0 N–H and O–H groups in total. The van der Waals surface area contributed by atoms with E-state index in [1.165, 1.54) is 6.42 Å². The van der Waals surface area contributed by atoms with Gasteiger partial charge in [-0.1, -0.05) is 13.8 Å². The summed E-state index contributed by atoms with van der Waals surface area (Å²) in [5, 5.41) is 0. The maximum absolute atomic E-state index is 12.2. The van der Waals surface area contributed by atoms with Gasteiger partial charge in [0.1, 0.15) is 5.76 Å². The number of likely N-dealkylation sites (tertiary alicyclic amines) is 1. The van der Waals surface area contributed by atoms with Crippen molar-refractivity contribution in [3.63, 3.8) is 0 Å². The van der Waals surface area contributed by atoms with Crippen LogP contribution in [-0.4, -0.2) is 23.4 Å². The molecule has 2 rings (SSSR count). The second kappa shape index (κ2) is 6.07. The molecule has 1 aromatic rings. The summed E-state index contributed by atoms with van der Waals surface area (Å²) in [6.07, 6.45) is 7.19. The molecule has 1 fully saturated rings. The summed E-state index contributed by atoms with van der Waals surface area (Å²) in [7, 11) is 0. The maximum Gasteiger partial charge on any atom is 0.225 e. The van der Waals surface area contributed by atoms with Crippen LogP contribution in [-0.2, 0) is 11.2 Å². The molecule has 1 amide bonds. The van der Waals surface area contributed by atoms with Crippen LogP contribution >= 0.6 is 0 Å². The Kier molecular flexibility index (Phi) is 4.45. The Morgan fingerprint density at radius 2 is 2.33 bits per heavy atom. The zero-order chi connectivity index (χ0) is 13.0. The number of nitrogens with zero attached hydrogens (tertiary/aromatic N) is 1. The SMILES string of the molecule is CC(C)C(=O)N1CCCCC1CCc1ccco1. The standard InChI is InChI=1S/C15H23NO2/c1-12(2)15(17)16-10-4-3-6-13(16)8-9-14-7-5-11-18-14/h5,7,11-13H,3-4,6,8-10H2,1-2H3. The number of piperidine rings is 1. The molecule has 3 heteroatoms. The van der Waals surface area contributed by atoms with E-state index in [1.54, 1.807) is 6.26 Å². The first-order chi connectivity index (χ1) is 8.68. The number of rotatable bonds is 4. The molecule has 2 heterocycles. The zero-order valence-corrected chi connectivity index (χ0v) is 11.4. The molecular weight excluding hydrogens is 226 g/mol. The van der Waals surface area contributed by atoms with Crippen molar-refractivity contribution in [1.29, 1.82) is 0 Å². The minimum Gasteiger partial charge on any atom is -0.469 e. The van der Waals surface area contributed by atoms with Gasteiger partial charge in [-0.25, -0.2) is 0 Å². The monoisotopic (exact) mass is 249 g/mol. The molecule has 3 nitrogen and oxygen atoms in total. The number of hydrogen-bond acceptors (Lipinski definition) is 2. The van der Waals surface area contributed by atoms with Crippen molar-refractivity contribution in [3.8, 4) is 0 Å². The van der Waals surface area contributed by atoms with E-state index in [2.05, 4.69) is 4.90 Å². The first-order valence-electron chi connectivity index (χ1n) is 7.01. The van der Waals surface area contributed by atoms with E-state index < -0.39 is 0 Å². The van der Waals surface area contributed by atoms with E-state index >= 15 is 0 Å². The van der Waals surface area contributed by atoms with Gasteiger partial charge < -0.3 is 9.32 Å². The lowest BCUT2D eigenvalue weighted by molar-refractivity contribution is -0.138. The van der Waals surface area contributed by atoms with Gasteiger partial charge in [0.2, 0.25) is 5.91 Å². The molecule has 1 aliphatic heterocycles. The molecule has 0 spiro atoms. The molecule has 1 aliphatic rings. The van der Waals surface area contributed by atoms with E-state index in [-0.39, 0.29) is 5.92 Å². The summed E-state index contributed by atoms with van der Waals surface area (Å²) < 4.78 is 5.36. The number of hydrogen-bond donors (Lipinski definition) is 0. The van der Waals surface area contributed by atoms with Gasteiger partial charge in [-0.2, -0.15) is 0 Å². The summed E-state index contributed by atoms with van der Waals surface area (Å²) in [4.78, 5) is 14.3. The second-order valence-corrected chi connectivity index (χ2v) is 5.45. The summed E-state index contributed by atoms with van der Waals surface area (Å²) in [5.74, 6) is 1.44. The first kappa shape index (κ1) is 13.2. The molecule has 1 saturated heterocycles.